The Morgan fingerprint density at radius 2 is 2.31 bits per heavy atom. The summed E-state index contributed by atoms with van der Waals surface area (Å²) in [5.74, 6) is 0.220. The van der Waals surface area contributed by atoms with E-state index in [2.05, 4.69) is 10.3 Å². The lowest BCUT2D eigenvalue weighted by atomic mass is 10.1. The third kappa shape index (κ3) is 2.30. The van der Waals surface area contributed by atoms with Crippen LogP contribution in [0.5, 0.6) is 0 Å². The van der Waals surface area contributed by atoms with Crippen LogP contribution in [0.2, 0.25) is 0 Å². The molecule has 1 heterocycles. The Kier molecular flexibility index (Phi) is 2.78. The van der Waals surface area contributed by atoms with Gasteiger partial charge >= 0.3 is 0 Å². The highest BCUT2D eigenvalue weighted by molar-refractivity contribution is 5.92. The zero-order chi connectivity index (χ0) is 11.6. The normalized spacial score (nSPS) is 16.8. The monoisotopic (exact) mass is 221 g/mol. The zero-order valence-corrected chi connectivity index (χ0v) is 8.94. The summed E-state index contributed by atoms with van der Waals surface area (Å²) in [6, 6.07) is 3.35. The Labute approximate surface area is 93.7 Å². The molecule has 16 heavy (non-hydrogen) atoms. The van der Waals surface area contributed by atoms with E-state index in [1.54, 1.807) is 12.1 Å². The van der Waals surface area contributed by atoms with E-state index in [1.165, 1.54) is 6.20 Å². The molecule has 0 radical (unpaired) electrons. The fourth-order valence-corrected chi connectivity index (χ4v) is 1.49. The number of hydrogen-bond acceptors (Lipinski definition) is 4. The molecule has 2 rings (SSSR count). The van der Waals surface area contributed by atoms with Crippen molar-refractivity contribution in [2.24, 2.45) is 11.1 Å². The van der Waals surface area contributed by atoms with Gasteiger partial charge in [0.15, 0.2) is 0 Å². The largest absolute Gasteiger partial charge is 0.396 e. The number of carbonyl (C=O) groups is 1. The number of primary amides is 1. The van der Waals surface area contributed by atoms with E-state index in [-0.39, 0.29) is 12.0 Å². The molecule has 0 atom stereocenters. The second kappa shape index (κ2) is 4.09. The highest BCUT2D eigenvalue weighted by atomic mass is 16.3. The molecule has 1 aromatic rings. The first-order valence-corrected chi connectivity index (χ1v) is 5.26. The van der Waals surface area contributed by atoms with Gasteiger partial charge in [-0.15, -0.1) is 0 Å². The van der Waals surface area contributed by atoms with Gasteiger partial charge in [0.05, 0.1) is 12.2 Å². The molecule has 1 aromatic heterocycles. The molecule has 1 amide bonds. The highest BCUT2D eigenvalue weighted by Gasteiger charge is 2.41. The zero-order valence-electron chi connectivity index (χ0n) is 8.94. The maximum Gasteiger partial charge on any atom is 0.250 e. The molecule has 86 valence electrons. The summed E-state index contributed by atoms with van der Waals surface area (Å²) in [6.45, 7) is 0.922. The van der Waals surface area contributed by atoms with Crippen LogP contribution in [-0.4, -0.2) is 29.1 Å². The minimum absolute atomic E-state index is 0.0457. The average Bonchev–Trinajstić information content (AvgIpc) is 3.08. The summed E-state index contributed by atoms with van der Waals surface area (Å²) < 4.78 is 0. The summed E-state index contributed by atoms with van der Waals surface area (Å²) in [4.78, 5) is 14.9. The van der Waals surface area contributed by atoms with E-state index in [1.807, 2.05) is 0 Å². The molecule has 0 spiro atoms. The van der Waals surface area contributed by atoms with Gasteiger partial charge in [0.2, 0.25) is 5.91 Å². The van der Waals surface area contributed by atoms with Gasteiger partial charge < -0.3 is 16.2 Å². The minimum atomic E-state index is -0.479. The second-order valence-corrected chi connectivity index (χ2v) is 4.31. The van der Waals surface area contributed by atoms with E-state index in [4.69, 9.17) is 10.8 Å². The number of aromatic nitrogens is 1. The summed E-state index contributed by atoms with van der Waals surface area (Å²) in [6.07, 6.45) is 3.55. The van der Waals surface area contributed by atoms with Crippen molar-refractivity contribution in [3.05, 3.63) is 23.9 Å². The minimum Gasteiger partial charge on any atom is -0.396 e. The summed E-state index contributed by atoms with van der Waals surface area (Å²) in [5.41, 5.74) is 5.55. The standard InChI is InChI=1S/C11H15N3O2/c12-10(16)8-1-2-9(13-5-8)14-6-11(7-15)3-4-11/h1-2,5,15H,3-4,6-7H2,(H2,12,16)(H,13,14). The maximum absolute atomic E-state index is 10.8. The molecule has 0 saturated heterocycles. The van der Waals surface area contributed by atoms with Crippen LogP contribution in [0.15, 0.2) is 18.3 Å². The second-order valence-electron chi connectivity index (χ2n) is 4.31. The Bertz CT molecular complexity index is 385. The molecule has 0 aromatic carbocycles. The van der Waals surface area contributed by atoms with E-state index < -0.39 is 5.91 Å². The highest BCUT2D eigenvalue weighted by Crippen LogP contribution is 2.44. The van der Waals surface area contributed by atoms with Crippen molar-refractivity contribution in [3.8, 4) is 0 Å². The molecule has 1 aliphatic carbocycles. The summed E-state index contributed by atoms with van der Waals surface area (Å²) in [5, 5.41) is 12.3. The number of aliphatic hydroxyl groups is 1. The molecule has 1 aliphatic rings. The quantitative estimate of drug-likeness (QED) is 0.670. The van der Waals surface area contributed by atoms with Crippen molar-refractivity contribution in [1.29, 1.82) is 0 Å². The number of nitrogens with zero attached hydrogens (tertiary/aromatic N) is 1. The van der Waals surface area contributed by atoms with E-state index in [9.17, 15) is 4.79 Å². The van der Waals surface area contributed by atoms with Crippen LogP contribution < -0.4 is 11.1 Å². The number of rotatable bonds is 5. The predicted octanol–water partition coefficient (Wildman–Crippen LogP) is 0.365. The predicted molar refractivity (Wildman–Crippen MR) is 60.0 cm³/mol. The van der Waals surface area contributed by atoms with Gasteiger partial charge in [-0.1, -0.05) is 0 Å². The van der Waals surface area contributed by atoms with Crippen LogP contribution >= 0.6 is 0 Å². The Balaban J connectivity index is 1.93. The average molecular weight is 221 g/mol. The van der Waals surface area contributed by atoms with Crippen molar-refractivity contribution in [3.63, 3.8) is 0 Å². The number of amides is 1. The molecular formula is C11H15N3O2. The third-order valence-electron chi connectivity index (χ3n) is 2.99. The number of hydrogen-bond donors (Lipinski definition) is 3. The molecule has 5 heteroatoms. The Morgan fingerprint density at radius 3 is 2.75 bits per heavy atom. The lowest BCUT2D eigenvalue weighted by Crippen LogP contribution is -2.19. The van der Waals surface area contributed by atoms with Gasteiger partial charge in [-0.2, -0.15) is 0 Å². The van der Waals surface area contributed by atoms with Crippen LogP contribution in [0.25, 0.3) is 0 Å². The molecule has 5 nitrogen and oxygen atoms in total. The SMILES string of the molecule is NC(=O)c1ccc(NCC2(CO)CC2)nc1. The maximum atomic E-state index is 10.8. The molecule has 0 aliphatic heterocycles. The first-order valence-electron chi connectivity index (χ1n) is 5.26. The van der Waals surface area contributed by atoms with Crippen LogP contribution in [0.3, 0.4) is 0 Å². The molecule has 0 bridgehead atoms. The molecular weight excluding hydrogens is 206 g/mol. The van der Waals surface area contributed by atoms with Crippen LogP contribution in [0.1, 0.15) is 23.2 Å². The first kappa shape index (κ1) is 10.9. The fourth-order valence-electron chi connectivity index (χ4n) is 1.49. The van der Waals surface area contributed by atoms with Gasteiger partial charge in [0.1, 0.15) is 5.82 Å². The van der Waals surface area contributed by atoms with Crippen LogP contribution in [0, 0.1) is 5.41 Å². The number of aliphatic hydroxyl groups excluding tert-OH is 1. The lowest BCUT2D eigenvalue weighted by Gasteiger charge is -2.12. The van der Waals surface area contributed by atoms with Gasteiger partial charge in [-0.3, -0.25) is 4.79 Å². The van der Waals surface area contributed by atoms with E-state index >= 15 is 0 Å². The molecule has 1 saturated carbocycles. The lowest BCUT2D eigenvalue weighted by molar-refractivity contribution is 0.1000. The topological polar surface area (TPSA) is 88.2 Å². The molecule has 0 unspecified atom stereocenters. The smallest absolute Gasteiger partial charge is 0.250 e. The number of carbonyl (C=O) groups excluding carboxylic acids is 1. The third-order valence-corrected chi connectivity index (χ3v) is 2.99. The number of pyridine rings is 1. The Hall–Kier alpha value is -1.62. The summed E-state index contributed by atoms with van der Waals surface area (Å²) >= 11 is 0. The van der Waals surface area contributed by atoms with E-state index in [0.717, 1.165) is 12.8 Å². The van der Waals surface area contributed by atoms with Crippen molar-refractivity contribution >= 4 is 11.7 Å². The van der Waals surface area contributed by atoms with Gasteiger partial charge in [0.25, 0.3) is 0 Å². The van der Waals surface area contributed by atoms with Crippen LogP contribution in [-0.2, 0) is 0 Å². The van der Waals surface area contributed by atoms with Crippen LogP contribution in [0.4, 0.5) is 5.82 Å². The van der Waals surface area contributed by atoms with Gasteiger partial charge in [-0.25, -0.2) is 4.98 Å². The molecule has 1 fully saturated rings. The van der Waals surface area contributed by atoms with Crippen molar-refractivity contribution in [1.82, 2.24) is 4.98 Å². The molecule has 4 N–H and O–H groups in total. The Morgan fingerprint density at radius 1 is 1.56 bits per heavy atom. The number of anilines is 1. The van der Waals surface area contributed by atoms with Gasteiger partial charge in [-0.05, 0) is 25.0 Å². The van der Waals surface area contributed by atoms with Gasteiger partial charge in [0, 0.05) is 18.2 Å². The van der Waals surface area contributed by atoms with Crippen molar-refractivity contribution < 1.29 is 9.90 Å². The summed E-state index contributed by atoms with van der Waals surface area (Å²) in [7, 11) is 0. The number of nitrogens with two attached hydrogens (primary N) is 1. The first-order chi connectivity index (χ1) is 7.65. The van der Waals surface area contributed by atoms with Crippen molar-refractivity contribution in [2.45, 2.75) is 12.8 Å². The van der Waals surface area contributed by atoms with Crippen molar-refractivity contribution in [2.75, 3.05) is 18.5 Å². The fraction of sp³-hybridized carbons (Fsp3) is 0.455. The number of nitrogens with one attached hydrogen (secondary N) is 1. The van der Waals surface area contributed by atoms with E-state index in [0.29, 0.717) is 17.9 Å².